The number of hydrogen-bond acceptors (Lipinski definition) is 5. The van der Waals surface area contributed by atoms with Crippen LogP contribution in [-0.2, 0) is 19.7 Å². The zero-order valence-corrected chi connectivity index (χ0v) is 14.6. The number of halogens is 1. The van der Waals surface area contributed by atoms with Gasteiger partial charge in [0.25, 0.3) is 0 Å². The molecule has 0 aliphatic heterocycles. The Bertz CT molecular complexity index is 750. The quantitative estimate of drug-likeness (QED) is 0.781. The maximum Gasteiger partial charge on any atom is 0.337 e. The molecule has 0 amide bonds. The standard InChI is InChI=1S/C12H15BrO6S2/c1-8(2)20(16,17)5-6-21(18,19)11-7-9(13)3-4-10(11)12(14)15/h3-4,7-8H,5-6H2,1-2H3,(H,14,15). The third-order valence-electron chi connectivity index (χ3n) is 2.86. The molecule has 0 bridgehead atoms. The van der Waals surface area contributed by atoms with Gasteiger partial charge in [-0.25, -0.2) is 21.6 Å². The van der Waals surface area contributed by atoms with Crippen molar-refractivity contribution in [2.75, 3.05) is 11.5 Å². The molecule has 0 saturated heterocycles. The highest BCUT2D eigenvalue weighted by atomic mass is 79.9. The van der Waals surface area contributed by atoms with E-state index in [4.69, 9.17) is 5.11 Å². The Hall–Kier alpha value is -0.930. The molecule has 0 radical (unpaired) electrons. The number of benzene rings is 1. The molecule has 1 rings (SSSR count). The van der Waals surface area contributed by atoms with Crippen molar-refractivity contribution in [1.82, 2.24) is 0 Å². The first kappa shape index (κ1) is 18.1. The fourth-order valence-electron chi connectivity index (χ4n) is 1.50. The molecule has 0 saturated carbocycles. The molecule has 0 atom stereocenters. The summed E-state index contributed by atoms with van der Waals surface area (Å²) in [5, 5.41) is 8.35. The van der Waals surface area contributed by atoms with Crippen LogP contribution < -0.4 is 0 Å². The van der Waals surface area contributed by atoms with E-state index >= 15 is 0 Å². The maximum absolute atomic E-state index is 12.2. The molecule has 1 N–H and O–H groups in total. The summed E-state index contributed by atoms with van der Waals surface area (Å²) in [5.41, 5.74) is -0.375. The van der Waals surface area contributed by atoms with E-state index in [0.717, 1.165) is 6.07 Å². The summed E-state index contributed by atoms with van der Waals surface area (Å²) >= 11 is 3.08. The number of rotatable bonds is 6. The lowest BCUT2D eigenvalue weighted by molar-refractivity contribution is 0.0692. The van der Waals surface area contributed by atoms with Gasteiger partial charge in [-0.3, -0.25) is 0 Å². The monoisotopic (exact) mass is 398 g/mol. The van der Waals surface area contributed by atoms with Gasteiger partial charge >= 0.3 is 5.97 Å². The Labute approximate surface area is 132 Å². The molecule has 0 unspecified atom stereocenters. The summed E-state index contributed by atoms with van der Waals surface area (Å²) in [7, 11) is -7.54. The topological polar surface area (TPSA) is 106 Å². The lowest BCUT2D eigenvalue weighted by Gasteiger charge is -2.10. The van der Waals surface area contributed by atoms with E-state index in [2.05, 4.69) is 15.9 Å². The van der Waals surface area contributed by atoms with Crippen molar-refractivity contribution in [2.45, 2.75) is 24.0 Å². The van der Waals surface area contributed by atoms with Crippen molar-refractivity contribution in [3.8, 4) is 0 Å². The van der Waals surface area contributed by atoms with E-state index in [1.165, 1.54) is 26.0 Å². The number of carboxylic acid groups (broad SMARTS) is 1. The van der Waals surface area contributed by atoms with Gasteiger partial charge in [-0.15, -0.1) is 0 Å². The Morgan fingerprint density at radius 2 is 1.76 bits per heavy atom. The molecule has 118 valence electrons. The molecule has 0 heterocycles. The van der Waals surface area contributed by atoms with Gasteiger partial charge in [0.2, 0.25) is 0 Å². The molecule has 0 fully saturated rings. The van der Waals surface area contributed by atoms with Crippen molar-refractivity contribution in [3.63, 3.8) is 0 Å². The largest absolute Gasteiger partial charge is 0.478 e. The second kappa shape index (κ2) is 6.45. The van der Waals surface area contributed by atoms with Crippen molar-refractivity contribution < 1.29 is 26.7 Å². The minimum absolute atomic E-state index is 0.375. The highest BCUT2D eigenvalue weighted by Crippen LogP contribution is 2.23. The molecule has 21 heavy (non-hydrogen) atoms. The first-order chi connectivity index (χ1) is 9.47. The Morgan fingerprint density at radius 3 is 2.24 bits per heavy atom. The lowest BCUT2D eigenvalue weighted by Crippen LogP contribution is -2.24. The van der Waals surface area contributed by atoms with Crippen LogP contribution in [0.2, 0.25) is 0 Å². The maximum atomic E-state index is 12.2. The zero-order chi connectivity index (χ0) is 16.4. The normalized spacial score (nSPS) is 12.6. The van der Waals surface area contributed by atoms with Gasteiger partial charge in [0, 0.05) is 4.47 Å². The zero-order valence-electron chi connectivity index (χ0n) is 11.4. The van der Waals surface area contributed by atoms with Gasteiger partial charge in [0.15, 0.2) is 19.7 Å². The SMILES string of the molecule is CC(C)S(=O)(=O)CCS(=O)(=O)c1cc(Br)ccc1C(=O)O. The van der Waals surface area contributed by atoms with Crippen molar-refractivity contribution in [3.05, 3.63) is 28.2 Å². The minimum Gasteiger partial charge on any atom is -0.478 e. The molecule has 0 spiro atoms. The average Bonchev–Trinajstić information content (AvgIpc) is 2.36. The van der Waals surface area contributed by atoms with E-state index in [1.54, 1.807) is 0 Å². The fraction of sp³-hybridized carbons (Fsp3) is 0.417. The Balaban J connectivity index is 3.21. The predicted molar refractivity (Wildman–Crippen MR) is 82.1 cm³/mol. The van der Waals surface area contributed by atoms with Crippen LogP contribution >= 0.6 is 15.9 Å². The predicted octanol–water partition coefficient (Wildman–Crippen LogP) is 1.74. The van der Waals surface area contributed by atoms with Crippen LogP contribution in [-0.4, -0.2) is 44.7 Å². The van der Waals surface area contributed by atoms with Crippen LogP contribution in [0.25, 0.3) is 0 Å². The first-order valence-electron chi connectivity index (χ1n) is 5.94. The second-order valence-electron chi connectivity index (χ2n) is 4.68. The molecule has 0 aliphatic carbocycles. The summed E-state index contributed by atoms with van der Waals surface area (Å²) in [6.45, 7) is 2.92. The van der Waals surface area contributed by atoms with E-state index in [0.29, 0.717) is 4.47 Å². The van der Waals surface area contributed by atoms with Gasteiger partial charge in [-0.2, -0.15) is 0 Å². The molecule has 1 aromatic carbocycles. The number of carboxylic acids is 1. The third-order valence-corrected chi connectivity index (χ3v) is 7.57. The van der Waals surface area contributed by atoms with Gasteiger partial charge in [0.05, 0.1) is 27.2 Å². The summed E-state index contributed by atoms with van der Waals surface area (Å²) in [4.78, 5) is 10.7. The summed E-state index contributed by atoms with van der Waals surface area (Å²) in [6.07, 6.45) is 0. The number of hydrogen-bond donors (Lipinski definition) is 1. The summed E-state index contributed by atoms with van der Waals surface area (Å²) in [5.74, 6) is -2.57. The van der Waals surface area contributed by atoms with Crippen LogP contribution in [0, 0.1) is 0 Å². The summed E-state index contributed by atoms with van der Waals surface area (Å²) < 4.78 is 48.3. The lowest BCUT2D eigenvalue weighted by atomic mass is 10.2. The highest BCUT2D eigenvalue weighted by Gasteiger charge is 2.26. The number of carbonyl (C=O) groups is 1. The molecule has 0 aliphatic rings. The van der Waals surface area contributed by atoms with Gasteiger partial charge in [0.1, 0.15) is 0 Å². The minimum atomic E-state index is -4.02. The van der Waals surface area contributed by atoms with Crippen LogP contribution in [0.3, 0.4) is 0 Å². The third kappa shape index (κ3) is 4.52. The highest BCUT2D eigenvalue weighted by molar-refractivity contribution is 9.10. The van der Waals surface area contributed by atoms with Gasteiger partial charge in [-0.1, -0.05) is 15.9 Å². The van der Waals surface area contributed by atoms with Crippen molar-refractivity contribution in [1.29, 1.82) is 0 Å². The van der Waals surface area contributed by atoms with E-state index in [-0.39, 0.29) is 10.5 Å². The second-order valence-corrected chi connectivity index (χ2v) is 10.4. The molecule has 0 aromatic heterocycles. The fourth-order valence-corrected chi connectivity index (χ4v) is 5.31. The van der Waals surface area contributed by atoms with Crippen LogP contribution in [0.15, 0.2) is 27.6 Å². The molecular formula is C12H15BrO6S2. The van der Waals surface area contributed by atoms with Crippen LogP contribution in [0.5, 0.6) is 0 Å². The smallest absolute Gasteiger partial charge is 0.337 e. The average molecular weight is 399 g/mol. The molecule has 9 heteroatoms. The van der Waals surface area contributed by atoms with Gasteiger partial charge < -0.3 is 5.11 Å². The van der Waals surface area contributed by atoms with Crippen LogP contribution in [0.1, 0.15) is 24.2 Å². The summed E-state index contributed by atoms with van der Waals surface area (Å²) in [6, 6.07) is 3.74. The van der Waals surface area contributed by atoms with E-state index < -0.39 is 42.4 Å². The Kier molecular flexibility index (Phi) is 5.57. The number of sulfone groups is 2. The molecular weight excluding hydrogens is 384 g/mol. The van der Waals surface area contributed by atoms with Crippen molar-refractivity contribution in [2.24, 2.45) is 0 Å². The first-order valence-corrected chi connectivity index (χ1v) is 10.1. The number of aromatic carboxylic acids is 1. The van der Waals surface area contributed by atoms with E-state index in [1.807, 2.05) is 0 Å². The van der Waals surface area contributed by atoms with Crippen LogP contribution in [0.4, 0.5) is 0 Å². The van der Waals surface area contributed by atoms with E-state index in [9.17, 15) is 21.6 Å². The van der Waals surface area contributed by atoms with Crippen molar-refractivity contribution >= 4 is 41.6 Å². The molecule has 1 aromatic rings. The van der Waals surface area contributed by atoms with Gasteiger partial charge in [-0.05, 0) is 32.0 Å². The molecule has 6 nitrogen and oxygen atoms in total. The Morgan fingerprint density at radius 1 is 1.19 bits per heavy atom.